The van der Waals surface area contributed by atoms with E-state index in [1.54, 1.807) is 43.4 Å². The van der Waals surface area contributed by atoms with E-state index in [0.717, 1.165) is 5.69 Å². The summed E-state index contributed by atoms with van der Waals surface area (Å²) in [5, 5.41) is 0.418. The molecule has 202 valence electrons. The van der Waals surface area contributed by atoms with Gasteiger partial charge in [-0.15, -0.1) is 0 Å². The van der Waals surface area contributed by atoms with Gasteiger partial charge in [-0.1, -0.05) is 67.9 Å². The van der Waals surface area contributed by atoms with Gasteiger partial charge in [0, 0.05) is 37.0 Å². The number of likely N-dealkylation sites (N-methyl/N-ethyl adjacent to an activating group) is 1. The maximum atomic E-state index is 14.1. The van der Waals surface area contributed by atoms with Crippen molar-refractivity contribution in [3.05, 3.63) is 102 Å². The number of sulfonamides is 1. The normalized spacial score (nSPS) is 17.1. The number of hydrogen-bond donors (Lipinski definition) is 0. The van der Waals surface area contributed by atoms with E-state index in [9.17, 15) is 12.8 Å². The predicted molar refractivity (Wildman–Crippen MR) is 155 cm³/mol. The molecular weight excluding hydrogens is 535 g/mol. The number of hydrogen-bond acceptors (Lipinski definition) is 4. The summed E-state index contributed by atoms with van der Waals surface area (Å²) in [6, 6.07) is 25.9. The van der Waals surface area contributed by atoms with Crippen LogP contribution in [0.25, 0.3) is 11.1 Å². The van der Waals surface area contributed by atoms with E-state index in [1.807, 2.05) is 47.4 Å². The molecule has 4 aromatic carbocycles. The van der Waals surface area contributed by atoms with Crippen molar-refractivity contribution in [2.45, 2.75) is 31.2 Å². The van der Waals surface area contributed by atoms with Gasteiger partial charge in [-0.3, -0.25) is 0 Å². The second-order valence-corrected chi connectivity index (χ2v) is 12.5. The molecule has 0 aliphatic carbocycles. The maximum absolute atomic E-state index is 14.1. The molecule has 4 aromatic rings. The Morgan fingerprint density at radius 2 is 1.62 bits per heavy atom. The van der Waals surface area contributed by atoms with E-state index < -0.39 is 10.0 Å². The number of benzene rings is 4. The van der Waals surface area contributed by atoms with Crippen LogP contribution in [0.5, 0.6) is 11.5 Å². The molecule has 5 nitrogen and oxygen atoms in total. The van der Waals surface area contributed by atoms with Gasteiger partial charge >= 0.3 is 0 Å². The van der Waals surface area contributed by atoms with Crippen molar-refractivity contribution in [3.63, 3.8) is 0 Å². The number of anilines is 2. The average molecular weight is 565 g/mol. The van der Waals surface area contributed by atoms with Crippen molar-refractivity contribution < 1.29 is 17.5 Å². The van der Waals surface area contributed by atoms with Gasteiger partial charge in [-0.2, -0.15) is 4.31 Å². The van der Waals surface area contributed by atoms with E-state index >= 15 is 0 Å². The van der Waals surface area contributed by atoms with E-state index in [1.165, 1.54) is 16.4 Å². The summed E-state index contributed by atoms with van der Waals surface area (Å²) in [6.45, 7) is 4.65. The Morgan fingerprint density at radius 1 is 0.949 bits per heavy atom. The molecule has 1 aliphatic heterocycles. The van der Waals surface area contributed by atoms with Crippen LogP contribution in [0, 0.1) is 11.7 Å². The van der Waals surface area contributed by atoms with Gasteiger partial charge in [0.1, 0.15) is 22.2 Å². The van der Waals surface area contributed by atoms with Gasteiger partial charge in [0.05, 0.1) is 10.7 Å². The lowest BCUT2D eigenvalue weighted by atomic mass is 10.0. The first-order chi connectivity index (χ1) is 18.6. The third-order valence-electron chi connectivity index (χ3n) is 6.94. The highest BCUT2D eigenvalue weighted by molar-refractivity contribution is 7.89. The summed E-state index contributed by atoms with van der Waals surface area (Å²) >= 11 is 6.43. The Labute approximate surface area is 234 Å². The zero-order chi connectivity index (χ0) is 27.7. The van der Waals surface area contributed by atoms with Crippen molar-refractivity contribution in [1.82, 2.24) is 4.31 Å². The largest absolute Gasteiger partial charge is 0.455 e. The molecule has 8 heteroatoms. The highest BCUT2D eigenvalue weighted by Gasteiger charge is 2.38. The Balaban J connectivity index is 1.78. The second kappa shape index (κ2) is 11.0. The van der Waals surface area contributed by atoms with Crippen LogP contribution in [0.4, 0.5) is 15.8 Å². The van der Waals surface area contributed by atoms with Crippen LogP contribution in [-0.2, 0) is 10.0 Å². The zero-order valence-electron chi connectivity index (χ0n) is 22.0. The summed E-state index contributed by atoms with van der Waals surface area (Å²) in [4.78, 5) is 2.20. The first-order valence-corrected chi connectivity index (χ1v) is 14.6. The Hall–Kier alpha value is -3.39. The molecule has 1 atom stereocenters. The lowest BCUT2D eigenvalue weighted by molar-refractivity contribution is 0.326. The molecule has 1 heterocycles. The average Bonchev–Trinajstić information content (AvgIpc) is 2.99. The maximum Gasteiger partial charge on any atom is 0.245 e. The van der Waals surface area contributed by atoms with Gasteiger partial charge in [-0.25, -0.2) is 12.8 Å². The van der Waals surface area contributed by atoms with E-state index in [-0.39, 0.29) is 16.8 Å². The highest BCUT2D eigenvalue weighted by atomic mass is 35.5. The topological polar surface area (TPSA) is 49.9 Å². The van der Waals surface area contributed by atoms with Crippen LogP contribution < -0.4 is 9.64 Å². The predicted octanol–water partition coefficient (Wildman–Crippen LogP) is 8.13. The summed E-state index contributed by atoms with van der Waals surface area (Å²) in [5.41, 5.74) is 2.51. The molecule has 0 bridgehead atoms. The summed E-state index contributed by atoms with van der Waals surface area (Å²) in [5.74, 6) is 0.746. The smallest absolute Gasteiger partial charge is 0.245 e. The number of para-hydroxylation sites is 2. The van der Waals surface area contributed by atoms with Crippen LogP contribution in [0.15, 0.2) is 95.9 Å². The Bertz CT molecular complexity index is 1580. The minimum absolute atomic E-state index is 0.158. The van der Waals surface area contributed by atoms with Crippen LogP contribution in [0.1, 0.15) is 20.3 Å². The number of rotatable bonds is 6. The first kappa shape index (κ1) is 27.2. The van der Waals surface area contributed by atoms with Gasteiger partial charge in [0.15, 0.2) is 0 Å². The lowest BCUT2D eigenvalue weighted by Crippen LogP contribution is -2.41. The standard InChI is InChI=1S/C31H30ClFN2O3S/c1-21(2)17-25-20-35(24-9-5-4-6-10-24)28-19-30(38-29-12-8-7-11-27(29)32)26(22-13-15-23(33)16-14-22)18-31(28)39(36,37)34(25)3/h4-16,18-19,21,25H,17,20H2,1-3H3/t25-/m1/s1. The molecule has 0 unspecified atom stereocenters. The van der Waals surface area contributed by atoms with Crippen LogP contribution >= 0.6 is 11.6 Å². The number of halogens is 2. The first-order valence-electron chi connectivity index (χ1n) is 12.8. The van der Waals surface area contributed by atoms with Crippen molar-refractivity contribution >= 4 is 33.0 Å². The molecule has 0 fully saturated rings. The highest BCUT2D eigenvalue weighted by Crippen LogP contribution is 2.46. The fourth-order valence-corrected chi connectivity index (χ4v) is 6.68. The van der Waals surface area contributed by atoms with Crippen molar-refractivity contribution in [2.24, 2.45) is 5.92 Å². The Morgan fingerprint density at radius 3 is 2.28 bits per heavy atom. The fraction of sp³-hybridized carbons (Fsp3) is 0.226. The van der Waals surface area contributed by atoms with Crippen molar-refractivity contribution in [3.8, 4) is 22.6 Å². The quantitative estimate of drug-likeness (QED) is 0.237. The third kappa shape index (κ3) is 5.53. The van der Waals surface area contributed by atoms with Crippen LogP contribution in [0.2, 0.25) is 5.02 Å². The van der Waals surface area contributed by atoms with E-state index in [2.05, 4.69) is 13.8 Å². The van der Waals surface area contributed by atoms with Gasteiger partial charge in [0.25, 0.3) is 0 Å². The van der Waals surface area contributed by atoms with Gasteiger partial charge < -0.3 is 9.64 Å². The molecule has 0 N–H and O–H groups in total. The SMILES string of the molecule is CC(C)C[C@@H]1CN(c2ccccc2)c2cc(Oc3ccccc3Cl)c(-c3ccc(F)cc3)cc2S(=O)(=O)N1C. The molecule has 0 aromatic heterocycles. The molecule has 0 amide bonds. The molecule has 0 saturated carbocycles. The summed E-state index contributed by atoms with van der Waals surface area (Å²) in [6.07, 6.45) is 0.695. The van der Waals surface area contributed by atoms with E-state index in [4.69, 9.17) is 16.3 Å². The van der Waals surface area contributed by atoms with E-state index in [0.29, 0.717) is 52.2 Å². The zero-order valence-corrected chi connectivity index (χ0v) is 23.6. The van der Waals surface area contributed by atoms with Crippen molar-refractivity contribution in [1.29, 1.82) is 0 Å². The molecule has 1 aliphatic rings. The lowest BCUT2D eigenvalue weighted by Gasteiger charge is -2.30. The number of nitrogens with zero attached hydrogens (tertiary/aromatic N) is 2. The molecule has 0 spiro atoms. The molecular formula is C31H30ClFN2O3S. The minimum Gasteiger partial charge on any atom is -0.455 e. The summed E-state index contributed by atoms with van der Waals surface area (Å²) in [7, 11) is -2.25. The van der Waals surface area contributed by atoms with Crippen LogP contribution in [0.3, 0.4) is 0 Å². The number of fused-ring (bicyclic) bond motifs is 1. The van der Waals surface area contributed by atoms with Crippen molar-refractivity contribution in [2.75, 3.05) is 18.5 Å². The monoisotopic (exact) mass is 564 g/mol. The third-order valence-corrected chi connectivity index (χ3v) is 9.19. The summed E-state index contributed by atoms with van der Waals surface area (Å²) < 4.78 is 49.9. The Kier molecular flexibility index (Phi) is 7.67. The molecule has 0 radical (unpaired) electrons. The minimum atomic E-state index is -3.89. The molecule has 5 rings (SSSR count). The van der Waals surface area contributed by atoms with Gasteiger partial charge in [0.2, 0.25) is 10.0 Å². The molecule has 0 saturated heterocycles. The second-order valence-electron chi connectivity index (χ2n) is 10.1. The molecule has 39 heavy (non-hydrogen) atoms. The van der Waals surface area contributed by atoms with Crippen LogP contribution in [-0.4, -0.2) is 32.4 Å². The number of ether oxygens (including phenoxy) is 1. The van der Waals surface area contributed by atoms with Gasteiger partial charge in [-0.05, 0) is 60.4 Å². The fourth-order valence-electron chi connectivity index (χ4n) is 4.95.